The molecule has 3 rings (SSSR count). The Labute approximate surface area is 170 Å². The normalized spacial score (nSPS) is 18.2. The van der Waals surface area contributed by atoms with Crippen molar-refractivity contribution in [3.8, 4) is 11.6 Å². The molecule has 2 aromatic rings. The van der Waals surface area contributed by atoms with Crippen LogP contribution < -0.4 is 14.8 Å². The Kier molecular flexibility index (Phi) is 6.79. The third kappa shape index (κ3) is 7.08. The SMILES string of the molecule is O=C(NCCc1cnc(OCC(F)(F)F)cn1)C1CC1COc1ccc(Cl)cc1. The van der Waals surface area contributed by atoms with Crippen molar-refractivity contribution in [2.24, 2.45) is 11.8 Å². The molecule has 0 radical (unpaired) electrons. The summed E-state index contributed by atoms with van der Waals surface area (Å²) in [5.74, 6) is 0.563. The number of carbonyl (C=O) groups is 1. The number of rotatable bonds is 9. The number of hydrogen-bond acceptors (Lipinski definition) is 5. The smallest absolute Gasteiger partial charge is 0.422 e. The van der Waals surface area contributed by atoms with Crippen molar-refractivity contribution in [1.82, 2.24) is 15.3 Å². The molecule has 1 heterocycles. The molecule has 10 heteroatoms. The fourth-order valence-electron chi connectivity index (χ4n) is 2.63. The van der Waals surface area contributed by atoms with Crippen molar-refractivity contribution in [2.75, 3.05) is 19.8 Å². The first-order valence-electron chi connectivity index (χ1n) is 8.97. The number of amides is 1. The first-order chi connectivity index (χ1) is 13.8. The van der Waals surface area contributed by atoms with Crippen LogP contribution in [0.1, 0.15) is 12.1 Å². The van der Waals surface area contributed by atoms with Gasteiger partial charge < -0.3 is 14.8 Å². The molecule has 2 unspecified atom stereocenters. The zero-order valence-corrected chi connectivity index (χ0v) is 16.0. The van der Waals surface area contributed by atoms with Crippen LogP contribution in [0.15, 0.2) is 36.7 Å². The van der Waals surface area contributed by atoms with E-state index in [1.54, 1.807) is 24.3 Å². The third-order valence-corrected chi connectivity index (χ3v) is 4.53. The van der Waals surface area contributed by atoms with Gasteiger partial charge in [0.25, 0.3) is 0 Å². The van der Waals surface area contributed by atoms with Crippen LogP contribution in [-0.2, 0) is 11.2 Å². The van der Waals surface area contributed by atoms with E-state index in [9.17, 15) is 18.0 Å². The van der Waals surface area contributed by atoms with Crippen LogP contribution in [0.2, 0.25) is 5.02 Å². The monoisotopic (exact) mass is 429 g/mol. The molecule has 1 aromatic heterocycles. The summed E-state index contributed by atoms with van der Waals surface area (Å²) in [5, 5.41) is 3.46. The van der Waals surface area contributed by atoms with Gasteiger partial charge in [0.15, 0.2) is 6.61 Å². The summed E-state index contributed by atoms with van der Waals surface area (Å²) < 4.78 is 46.4. The number of nitrogens with zero attached hydrogens (tertiary/aromatic N) is 2. The topological polar surface area (TPSA) is 73.3 Å². The Balaban J connectivity index is 1.32. The average Bonchev–Trinajstić information content (AvgIpc) is 3.46. The summed E-state index contributed by atoms with van der Waals surface area (Å²) in [6.45, 7) is -0.594. The summed E-state index contributed by atoms with van der Waals surface area (Å²) in [4.78, 5) is 19.9. The maximum Gasteiger partial charge on any atom is 0.422 e. The lowest BCUT2D eigenvalue weighted by Gasteiger charge is -2.08. The molecule has 1 aliphatic rings. The van der Waals surface area contributed by atoms with Gasteiger partial charge in [0.2, 0.25) is 11.8 Å². The first-order valence-corrected chi connectivity index (χ1v) is 9.34. The van der Waals surface area contributed by atoms with E-state index in [2.05, 4.69) is 20.0 Å². The van der Waals surface area contributed by atoms with Crippen LogP contribution in [0.25, 0.3) is 0 Å². The molecule has 0 spiro atoms. The molecule has 0 aliphatic heterocycles. The van der Waals surface area contributed by atoms with Crippen LogP contribution in [0.5, 0.6) is 11.6 Å². The van der Waals surface area contributed by atoms with Gasteiger partial charge in [-0.05, 0) is 30.7 Å². The van der Waals surface area contributed by atoms with Gasteiger partial charge in [0, 0.05) is 29.8 Å². The molecule has 1 fully saturated rings. The van der Waals surface area contributed by atoms with Crippen molar-refractivity contribution >= 4 is 17.5 Å². The molecular weight excluding hydrogens is 411 g/mol. The Bertz CT molecular complexity index is 816. The maximum absolute atomic E-state index is 12.1. The van der Waals surface area contributed by atoms with Gasteiger partial charge in [0.05, 0.1) is 24.7 Å². The Hall–Kier alpha value is -2.55. The lowest BCUT2D eigenvalue weighted by Crippen LogP contribution is -2.28. The van der Waals surface area contributed by atoms with Crippen LogP contribution >= 0.6 is 11.6 Å². The summed E-state index contributed by atoms with van der Waals surface area (Å²) in [7, 11) is 0. The standard InChI is InChI=1S/C19H19ClF3N3O3/c20-13-1-3-15(4-2-13)28-10-12-7-16(12)18(27)24-6-5-14-8-26-17(9-25-14)29-11-19(21,22)23/h1-4,8-9,12,16H,5-7,10-11H2,(H,24,27). The Morgan fingerprint density at radius 1 is 1.17 bits per heavy atom. The summed E-state index contributed by atoms with van der Waals surface area (Å²) >= 11 is 5.82. The molecule has 156 valence electrons. The highest BCUT2D eigenvalue weighted by molar-refractivity contribution is 6.30. The molecular formula is C19H19ClF3N3O3. The minimum atomic E-state index is -4.43. The van der Waals surface area contributed by atoms with E-state index in [-0.39, 0.29) is 23.6 Å². The Morgan fingerprint density at radius 3 is 2.59 bits per heavy atom. The van der Waals surface area contributed by atoms with E-state index in [1.165, 1.54) is 6.20 Å². The number of alkyl halides is 3. The highest BCUT2D eigenvalue weighted by atomic mass is 35.5. The van der Waals surface area contributed by atoms with E-state index in [1.807, 2.05) is 0 Å². The van der Waals surface area contributed by atoms with Crippen molar-refractivity contribution in [1.29, 1.82) is 0 Å². The number of nitrogens with one attached hydrogen (secondary N) is 1. The third-order valence-electron chi connectivity index (χ3n) is 4.28. The zero-order valence-electron chi connectivity index (χ0n) is 15.3. The van der Waals surface area contributed by atoms with Crippen molar-refractivity contribution < 1.29 is 27.4 Å². The van der Waals surface area contributed by atoms with E-state index in [4.69, 9.17) is 16.3 Å². The number of hydrogen-bond donors (Lipinski definition) is 1. The molecule has 1 saturated carbocycles. The van der Waals surface area contributed by atoms with Gasteiger partial charge in [-0.1, -0.05) is 11.6 Å². The lowest BCUT2D eigenvalue weighted by atomic mass is 10.3. The maximum atomic E-state index is 12.1. The van der Waals surface area contributed by atoms with Crippen LogP contribution in [0, 0.1) is 11.8 Å². The van der Waals surface area contributed by atoms with Crippen LogP contribution in [0.3, 0.4) is 0 Å². The highest BCUT2D eigenvalue weighted by Crippen LogP contribution is 2.39. The second-order valence-corrected chi connectivity index (χ2v) is 7.09. The fraction of sp³-hybridized carbons (Fsp3) is 0.421. The van der Waals surface area contributed by atoms with E-state index >= 15 is 0 Å². The quantitative estimate of drug-likeness (QED) is 0.661. The number of aromatic nitrogens is 2. The Morgan fingerprint density at radius 2 is 1.93 bits per heavy atom. The van der Waals surface area contributed by atoms with Crippen LogP contribution in [-0.4, -0.2) is 41.8 Å². The fourth-order valence-corrected chi connectivity index (χ4v) is 2.76. The molecule has 1 amide bonds. The minimum absolute atomic E-state index is 0.0483. The average molecular weight is 430 g/mol. The first kappa shape index (κ1) is 21.2. The number of carbonyl (C=O) groups excluding carboxylic acids is 1. The van der Waals surface area contributed by atoms with E-state index in [0.29, 0.717) is 36.0 Å². The van der Waals surface area contributed by atoms with Gasteiger partial charge in [-0.3, -0.25) is 9.78 Å². The molecule has 0 saturated heterocycles. The predicted octanol–water partition coefficient (Wildman–Crippen LogP) is 3.44. The predicted molar refractivity (Wildman–Crippen MR) is 98.8 cm³/mol. The summed E-state index contributed by atoms with van der Waals surface area (Å²) in [6, 6.07) is 7.04. The van der Waals surface area contributed by atoms with Gasteiger partial charge in [0.1, 0.15) is 5.75 Å². The molecule has 29 heavy (non-hydrogen) atoms. The number of benzene rings is 1. The second-order valence-electron chi connectivity index (χ2n) is 6.66. The van der Waals surface area contributed by atoms with Crippen molar-refractivity contribution in [3.63, 3.8) is 0 Å². The molecule has 1 N–H and O–H groups in total. The van der Waals surface area contributed by atoms with Gasteiger partial charge in [-0.25, -0.2) is 4.98 Å². The largest absolute Gasteiger partial charge is 0.493 e. The molecule has 2 atom stereocenters. The molecule has 1 aromatic carbocycles. The molecule has 6 nitrogen and oxygen atoms in total. The van der Waals surface area contributed by atoms with Gasteiger partial charge in [-0.15, -0.1) is 0 Å². The zero-order chi connectivity index (χ0) is 20.9. The van der Waals surface area contributed by atoms with E-state index < -0.39 is 12.8 Å². The second kappa shape index (κ2) is 9.30. The summed E-state index contributed by atoms with van der Waals surface area (Å²) in [5.41, 5.74) is 0.545. The number of halogens is 4. The molecule has 0 bridgehead atoms. The minimum Gasteiger partial charge on any atom is -0.493 e. The lowest BCUT2D eigenvalue weighted by molar-refractivity contribution is -0.154. The van der Waals surface area contributed by atoms with Crippen molar-refractivity contribution in [3.05, 3.63) is 47.4 Å². The number of ether oxygens (including phenoxy) is 2. The van der Waals surface area contributed by atoms with Gasteiger partial charge in [-0.2, -0.15) is 13.2 Å². The van der Waals surface area contributed by atoms with Gasteiger partial charge >= 0.3 is 6.18 Å². The van der Waals surface area contributed by atoms with Crippen molar-refractivity contribution in [2.45, 2.75) is 19.0 Å². The van der Waals surface area contributed by atoms with Crippen LogP contribution in [0.4, 0.5) is 13.2 Å². The highest BCUT2D eigenvalue weighted by Gasteiger charge is 2.43. The summed E-state index contributed by atoms with van der Waals surface area (Å²) in [6.07, 6.45) is -0.780. The van der Waals surface area contributed by atoms with E-state index in [0.717, 1.165) is 12.6 Å². The molecule has 1 aliphatic carbocycles.